The molecule has 0 spiro atoms. The molecule has 0 amide bonds. The van der Waals surface area contributed by atoms with Crippen molar-refractivity contribution in [2.45, 2.75) is 19.8 Å². The van der Waals surface area contributed by atoms with Crippen molar-refractivity contribution in [3.05, 3.63) is 29.8 Å². The zero-order chi connectivity index (χ0) is 15.8. The van der Waals surface area contributed by atoms with Gasteiger partial charge in [0.15, 0.2) is 0 Å². The van der Waals surface area contributed by atoms with Gasteiger partial charge in [0.2, 0.25) is 0 Å². The average Bonchev–Trinajstić information content (AvgIpc) is 2.56. The lowest BCUT2D eigenvalue weighted by Crippen LogP contribution is -2.41. The fourth-order valence-corrected chi connectivity index (χ4v) is 2.63. The molecule has 1 unspecified atom stereocenters. The molecule has 0 aromatic heterocycles. The van der Waals surface area contributed by atoms with E-state index in [1.165, 1.54) is 0 Å². The highest BCUT2D eigenvalue weighted by molar-refractivity contribution is 5.85. The maximum atomic E-state index is 11.8. The first-order valence-corrected chi connectivity index (χ1v) is 7.75. The van der Waals surface area contributed by atoms with Crippen LogP contribution in [0.25, 0.3) is 0 Å². The lowest BCUT2D eigenvalue weighted by Gasteiger charge is -2.31. The van der Waals surface area contributed by atoms with Crippen molar-refractivity contribution < 1.29 is 14.3 Å². The molecule has 5 nitrogen and oxygen atoms in total. The molecule has 2 rings (SSSR count). The fourth-order valence-electron chi connectivity index (χ4n) is 2.63. The van der Waals surface area contributed by atoms with E-state index in [4.69, 9.17) is 14.7 Å². The van der Waals surface area contributed by atoms with Gasteiger partial charge in [-0.3, -0.25) is 9.69 Å². The molecule has 1 saturated heterocycles. The number of nitrogens with zero attached hydrogens (tertiary/aromatic N) is 2. The summed E-state index contributed by atoms with van der Waals surface area (Å²) in [6.07, 6.45) is 1.92. The van der Waals surface area contributed by atoms with E-state index < -0.39 is 0 Å². The normalized spacial score (nSPS) is 17.7. The molecule has 0 radical (unpaired) electrons. The van der Waals surface area contributed by atoms with Gasteiger partial charge in [-0.2, -0.15) is 5.26 Å². The third-order valence-electron chi connectivity index (χ3n) is 3.79. The second-order valence-electron chi connectivity index (χ2n) is 5.38. The molecule has 0 aliphatic carbocycles. The second kappa shape index (κ2) is 10.1. The van der Waals surface area contributed by atoms with E-state index in [0.29, 0.717) is 18.8 Å². The number of hydrogen-bond acceptors (Lipinski definition) is 5. The molecule has 0 N–H and O–H groups in total. The van der Waals surface area contributed by atoms with Crippen LogP contribution in [-0.4, -0.2) is 43.7 Å². The summed E-state index contributed by atoms with van der Waals surface area (Å²) in [5.74, 6) is 0.668. The van der Waals surface area contributed by atoms with Crippen molar-refractivity contribution in [2.24, 2.45) is 5.92 Å². The molecule has 126 valence electrons. The van der Waals surface area contributed by atoms with Gasteiger partial charge in [-0.1, -0.05) is 0 Å². The van der Waals surface area contributed by atoms with Gasteiger partial charge in [0.25, 0.3) is 0 Å². The Bertz CT molecular complexity index is 528. The lowest BCUT2D eigenvalue weighted by atomic mass is 9.98. The first kappa shape index (κ1) is 19.3. The summed E-state index contributed by atoms with van der Waals surface area (Å²) < 4.78 is 10.8. The Hall–Kier alpha value is -1.77. The van der Waals surface area contributed by atoms with Crippen molar-refractivity contribution >= 4 is 18.4 Å². The predicted molar refractivity (Wildman–Crippen MR) is 89.7 cm³/mol. The van der Waals surface area contributed by atoms with E-state index in [0.717, 1.165) is 38.2 Å². The molecule has 1 atom stereocenters. The van der Waals surface area contributed by atoms with Gasteiger partial charge in [0.05, 0.1) is 24.2 Å². The number of piperidine rings is 1. The van der Waals surface area contributed by atoms with Gasteiger partial charge in [0.1, 0.15) is 12.4 Å². The maximum absolute atomic E-state index is 11.8. The third kappa shape index (κ3) is 6.09. The molecule has 0 bridgehead atoms. The maximum Gasteiger partial charge on any atom is 0.310 e. The highest BCUT2D eigenvalue weighted by Crippen LogP contribution is 2.18. The van der Waals surface area contributed by atoms with Crippen LogP contribution in [-0.2, 0) is 9.53 Å². The Morgan fingerprint density at radius 1 is 1.39 bits per heavy atom. The number of rotatable bonds is 6. The number of carbonyl (C=O) groups excluding carboxylic acids is 1. The SMILES string of the molecule is CCOC(=O)C1CCCN(CCOc2ccc(C#N)cc2)C1.Cl. The zero-order valence-corrected chi connectivity index (χ0v) is 14.2. The number of hydrogen-bond donors (Lipinski definition) is 0. The van der Waals surface area contributed by atoms with E-state index in [1.54, 1.807) is 24.3 Å². The molecule has 1 aromatic rings. The molecule has 0 saturated carbocycles. The summed E-state index contributed by atoms with van der Waals surface area (Å²) in [7, 11) is 0. The first-order chi connectivity index (χ1) is 10.7. The molecule has 1 aliphatic rings. The Morgan fingerprint density at radius 2 is 2.13 bits per heavy atom. The smallest absolute Gasteiger partial charge is 0.310 e. The van der Waals surface area contributed by atoms with Crippen LogP contribution in [0.3, 0.4) is 0 Å². The highest BCUT2D eigenvalue weighted by Gasteiger charge is 2.26. The number of likely N-dealkylation sites (tertiary alicyclic amines) is 1. The van der Waals surface area contributed by atoms with E-state index in [2.05, 4.69) is 11.0 Å². The van der Waals surface area contributed by atoms with E-state index in [9.17, 15) is 4.79 Å². The summed E-state index contributed by atoms with van der Waals surface area (Å²) in [5, 5.41) is 8.75. The number of halogens is 1. The van der Waals surface area contributed by atoms with E-state index >= 15 is 0 Å². The van der Waals surface area contributed by atoms with Crippen LogP contribution in [0.4, 0.5) is 0 Å². The van der Waals surface area contributed by atoms with Crippen molar-refractivity contribution in [1.82, 2.24) is 4.90 Å². The van der Waals surface area contributed by atoms with Crippen molar-refractivity contribution in [3.63, 3.8) is 0 Å². The van der Waals surface area contributed by atoms with Gasteiger partial charge in [-0.05, 0) is 50.6 Å². The van der Waals surface area contributed by atoms with Crippen molar-refractivity contribution in [2.75, 3.05) is 32.8 Å². The van der Waals surface area contributed by atoms with Crippen LogP contribution in [0.15, 0.2) is 24.3 Å². The quantitative estimate of drug-likeness (QED) is 0.746. The molecular formula is C17H23ClN2O3. The Kier molecular flexibility index (Phi) is 8.46. The Labute approximate surface area is 143 Å². The second-order valence-corrected chi connectivity index (χ2v) is 5.38. The van der Waals surface area contributed by atoms with Crippen LogP contribution >= 0.6 is 12.4 Å². The molecule has 6 heteroatoms. The van der Waals surface area contributed by atoms with Crippen molar-refractivity contribution in [3.8, 4) is 11.8 Å². The number of ether oxygens (including phenoxy) is 2. The minimum Gasteiger partial charge on any atom is -0.492 e. The number of benzene rings is 1. The number of nitriles is 1. The molecule has 1 heterocycles. The highest BCUT2D eigenvalue weighted by atomic mass is 35.5. The fraction of sp³-hybridized carbons (Fsp3) is 0.529. The van der Waals surface area contributed by atoms with E-state index in [1.807, 2.05) is 6.92 Å². The minimum absolute atomic E-state index is 0. The first-order valence-electron chi connectivity index (χ1n) is 7.75. The van der Waals surface area contributed by atoms with Crippen LogP contribution in [0, 0.1) is 17.2 Å². The Morgan fingerprint density at radius 3 is 2.78 bits per heavy atom. The van der Waals surface area contributed by atoms with E-state index in [-0.39, 0.29) is 24.3 Å². The van der Waals surface area contributed by atoms with Crippen LogP contribution < -0.4 is 4.74 Å². The number of carbonyl (C=O) groups is 1. The lowest BCUT2D eigenvalue weighted by molar-refractivity contribution is -0.150. The largest absolute Gasteiger partial charge is 0.492 e. The monoisotopic (exact) mass is 338 g/mol. The minimum atomic E-state index is -0.0831. The van der Waals surface area contributed by atoms with Gasteiger partial charge in [-0.25, -0.2) is 0 Å². The molecule has 1 aromatic carbocycles. The van der Waals surface area contributed by atoms with Gasteiger partial charge in [0, 0.05) is 13.1 Å². The average molecular weight is 339 g/mol. The molecule has 1 aliphatic heterocycles. The summed E-state index contributed by atoms with van der Waals surface area (Å²) >= 11 is 0. The standard InChI is InChI=1S/C17H22N2O3.ClH/c1-2-21-17(20)15-4-3-9-19(13-15)10-11-22-16-7-5-14(12-18)6-8-16;/h5-8,15H,2-4,9-11,13H2,1H3;1H. The molecular weight excluding hydrogens is 316 g/mol. The Balaban J connectivity index is 0.00000264. The molecule has 1 fully saturated rings. The summed E-state index contributed by atoms with van der Waals surface area (Å²) in [5.41, 5.74) is 0.626. The van der Waals surface area contributed by atoms with Gasteiger partial charge in [-0.15, -0.1) is 12.4 Å². The van der Waals surface area contributed by atoms with Gasteiger partial charge >= 0.3 is 5.97 Å². The summed E-state index contributed by atoms with van der Waals surface area (Å²) in [6, 6.07) is 9.17. The zero-order valence-electron chi connectivity index (χ0n) is 13.4. The topological polar surface area (TPSA) is 62.6 Å². The molecule has 23 heavy (non-hydrogen) atoms. The van der Waals surface area contributed by atoms with Crippen LogP contribution in [0.5, 0.6) is 5.75 Å². The van der Waals surface area contributed by atoms with Crippen LogP contribution in [0.1, 0.15) is 25.3 Å². The van der Waals surface area contributed by atoms with Gasteiger partial charge < -0.3 is 9.47 Å². The summed E-state index contributed by atoms with van der Waals surface area (Å²) in [6.45, 7) is 5.38. The number of esters is 1. The predicted octanol–water partition coefficient (Wildman–Crippen LogP) is 2.63. The van der Waals surface area contributed by atoms with Crippen LogP contribution in [0.2, 0.25) is 0 Å². The van der Waals surface area contributed by atoms with Crippen molar-refractivity contribution in [1.29, 1.82) is 5.26 Å². The third-order valence-corrected chi connectivity index (χ3v) is 3.79. The summed E-state index contributed by atoms with van der Waals surface area (Å²) in [4.78, 5) is 14.0.